The minimum Gasteiger partial charge on any atom is -0.496 e. The summed E-state index contributed by atoms with van der Waals surface area (Å²) in [5.41, 5.74) is 4.03. The summed E-state index contributed by atoms with van der Waals surface area (Å²) in [6.07, 6.45) is 0.795. The van der Waals surface area contributed by atoms with Gasteiger partial charge in [-0.1, -0.05) is 69.5 Å². The Morgan fingerprint density at radius 1 is 1.03 bits per heavy atom. The Balaban J connectivity index is 1.71. The topological polar surface area (TPSA) is 89.0 Å². The Kier molecular flexibility index (Phi) is 10.2. The highest BCUT2D eigenvalue weighted by atomic mass is 79.9. The molecule has 0 unspecified atom stereocenters. The van der Waals surface area contributed by atoms with Crippen LogP contribution < -0.4 is 20.2 Å². The lowest BCUT2D eigenvalue weighted by Gasteiger charge is -2.21. The number of methoxy groups -OCH3 is 1. The van der Waals surface area contributed by atoms with E-state index in [1.54, 1.807) is 38.3 Å². The van der Waals surface area contributed by atoms with Gasteiger partial charge in [-0.05, 0) is 48.9 Å². The van der Waals surface area contributed by atoms with Gasteiger partial charge in [0.15, 0.2) is 6.10 Å². The number of carbonyl (C=O) groups excluding carboxylic acids is 2. The molecule has 0 spiro atoms. The predicted molar refractivity (Wildman–Crippen MR) is 145 cm³/mol. The molecule has 2 amide bonds. The SMILES string of the molecule is COc1ccc(Br)cc1/C=N\NC(=O)[C@@H](Cc1ccccc1)NC(=O)[C@H](C)Oc1ccc(Cl)cc1Cl. The third kappa shape index (κ3) is 7.98. The lowest BCUT2D eigenvalue weighted by atomic mass is 10.1. The van der Waals surface area contributed by atoms with Crippen molar-refractivity contribution in [2.75, 3.05) is 7.11 Å². The van der Waals surface area contributed by atoms with E-state index in [4.69, 9.17) is 32.7 Å². The van der Waals surface area contributed by atoms with Crippen LogP contribution in [0.3, 0.4) is 0 Å². The van der Waals surface area contributed by atoms with Crippen LogP contribution >= 0.6 is 39.1 Å². The molecular weight excluding hydrogens is 569 g/mol. The molecule has 0 aliphatic rings. The smallest absolute Gasteiger partial charge is 0.262 e. The number of benzene rings is 3. The van der Waals surface area contributed by atoms with Crippen LogP contribution in [0.2, 0.25) is 10.0 Å². The molecule has 0 fully saturated rings. The normalized spacial score (nSPS) is 12.6. The average Bonchev–Trinajstić information content (AvgIpc) is 2.86. The average molecular weight is 593 g/mol. The van der Waals surface area contributed by atoms with Crippen LogP contribution in [0.15, 0.2) is 76.3 Å². The summed E-state index contributed by atoms with van der Waals surface area (Å²) in [6.45, 7) is 1.56. The van der Waals surface area contributed by atoms with Crippen molar-refractivity contribution in [2.24, 2.45) is 5.10 Å². The minimum absolute atomic E-state index is 0.253. The largest absolute Gasteiger partial charge is 0.496 e. The van der Waals surface area contributed by atoms with Gasteiger partial charge in [-0.3, -0.25) is 9.59 Å². The molecule has 36 heavy (non-hydrogen) atoms. The highest BCUT2D eigenvalue weighted by Crippen LogP contribution is 2.28. The molecule has 10 heteroatoms. The van der Waals surface area contributed by atoms with Crippen molar-refractivity contribution >= 4 is 57.2 Å². The van der Waals surface area contributed by atoms with Crippen LogP contribution in [0, 0.1) is 0 Å². The van der Waals surface area contributed by atoms with E-state index in [1.165, 1.54) is 12.3 Å². The third-order valence-corrected chi connectivity index (χ3v) is 6.08. The number of ether oxygens (including phenoxy) is 2. The number of hydrogen-bond acceptors (Lipinski definition) is 5. The Bertz CT molecular complexity index is 1240. The lowest BCUT2D eigenvalue weighted by molar-refractivity contribution is -0.132. The van der Waals surface area contributed by atoms with Gasteiger partial charge >= 0.3 is 0 Å². The number of rotatable bonds is 10. The second-order valence-electron chi connectivity index (χ2n) is 7.71. The second-order valence-corrected chi connectivity index (χ2v) is 9.47. The van der Waals surface area contributed by atoms with Gasteiger partial charge in [0.1, 0.15) is 17.5 Å². The van der Waals surface area contributed by atoms with E-state index in [2.05, 4.69) is 31.8 Å². The molecule has 0 saturated heterocycles. The summed E-state index contributed by atoms with van der Waals surface area (Å²) in [5.74, 6) is -0.0820. The quantitative estimate of drug-likeness (QED) is 0.243. The predicted octanol–water partition coefficient (Wildman–Crippen LogP) is 5.41. The molecule has 0 saturated carbocycles. The molecule has 0 radical (unpaired) electrons. The van der Waals surface area contributed by atoms with Crippen molar-refractivity contribution in [3.8, 4) is 11.5 Å². The molecule has 2 N–H and O–H groups in total. The van der Waals surface area contributed by atoms with Crippen molar-refractivity contribution < 1.29 is 19.1 Å². The maximum atomic E-state index is 13.0. The van der Waals surface area contributed by atoms with E-state index < -0.39 is 24.0 Å². The second kappa shape index (κ2) is 13.3. The van der Waals surface area contributed by atoms with Gasteiger partial charge in [0.2, 0.25) is 0 Å². The van der Waals surface area contributed by atoms with Gasteiger partial charge in [-0.2, -0.15) is 5.10 Å². The van der Waals surface area contributed by atoms with Gasteiger partial charge in [0, 0.05) is 21.5 Å². The monoisotopic (exact) mass is 591 g/mol. The molecule has 0 aromatic heterocycles. The number of carbonyl (C=O) groups is 2. The summed E-state index contributed by atoms with van der Waals surface area (Å²) < 4.78 is 11.8. The summed E-state index contributed by atoms with van der Waals surface area (Å²) in [7, 11) is 1.55. The molecule has 0 heterocycles. The van der Waals surface area contributed by atoms with Gasteiger partial charge in [-0.15, -0.1) is 0 Å². The molecule has 3 aromatic carbocycles. The van der Waals surface area contributed by atoms with E-state index in [9.17, 15) is 9.59 Å². The van der Waals surface area contributed by atoms with Crippen LogP contribution in [0.4, 0.5) is 0 Å². The first-order chi connectivity index (χ1) is 17.3. The molecule has 3 rings (SSSR count). The number of halogens is 3. The molecule has 3 aromatic rings. The van der Waals surface area contributed by atoms with E-state index in [1.807, 2.05) is 36.4 Å². The fourth-order valence-corrected chi connectivity index (χ4v) is 4.04. The Morgan fingerprint density at radius 2 is 1.75 bits per heavy atom. The van der Waals surface area contributed by atoms with Crippen LogP contribution in [0.5, 0.6) is 11.5 Å². The van der Waals surface area contributed by atoms with Crippen molar-refractivity contribution in [2.45, 2.75) is 25.5 Å². The fourth-order valence-electron chi connectivity index (χ4n) is 3.21. The molecular formula is C26H24BrCl2N3O4. The van der Waals surface area contributed by atoms with E-state index in [0.29, 0.717) is 22.1 Å². The van der Waals surface area contributed by atoms with Crippen molar-refractivity contribution in [1.82, 2.24) is 10.7 Å². The summed E-state index contributed by atoms with van der Waals surface area (Å²) in [6, 6.07) is 18.5. The van der Waals surface area contributed by atoms with Gasteiger partial charge < -0.3 is 14.8 Å². The zero-order chi connectivity index (χ0) is 26.1. The lowest BCUT2D eigenvalue weighted by Crippen LogP contribution is -2.50. The van der Waals surface area contributed by atoms with E-state index in [0.717, 1.165) is 10.0 Å². The fraction of sp³-hybridized carbons (Fsp3) is 0.192. The van der Waals surface area contributed by atoms with Crippen molar-refractivity contribution in [3.63, 3.8) is 0 Å². The first-order valence-electron chi connectivity index (χ1n) is 10.9. The molecule has 2 atom stereocenters. The van der Waals surface area contributed by atoms with Gasteiger partial charge in [0.25, 0.3) is 11.8 Å². The highest BCUT2D eigenvalue weighted by molar-refractivity contribution is 9.10. The maximum absolute atomic E-state index is 13.0. The number of nitrogens with one attached hydrogen (secondary N) is 2. The molecule has 0 aliphatic carbocycles. The zero-order valence-electron chi connectivity index (χ0n) is 19.5. The first-order valence-corrected chi connectivity index (χ1v) is 12.4. The van der Waals surface area contributed by atoms with Crippen LogP contribution in [0.1, 0.15) is 18.1 Å². The maximum Gasteiger partial charge on any atom is 0.262 e. The molecule has 0 aliphatic heterocycles. The Morgan fingerprint density at radius 3 is 2.44 bits per heavy atom. The molecule has 0 bridgehead atoms. The van der Waals surface area contributed by atoms with Crippen LogP contribution in [-0.2, 0) is 16.0 Å². The van der Waals surface area contributed by atoms with Crippen LogP contribution in [-0.4, -0.2) is 37.3 Å². The van der Waals surface area contributed by atoms with E-state index in [-0.39, 0.29) is 11.4 Å². The first kappa shape index (κ1) is 27.5. The minimum atomic E-state index is -0.927. The van der Waals surface area contributed by atoms with Crippen molar-refractivity contribution in [1.29, 1.82) is 0 Å². The van der Waals surface area contributed by atoms with Crippen LogP contribution in [0.25, 0.3) is 0 Å². The number of amides is 2. The number of hydrazone groups is 1. The molecule has 188 valence electrons. The highest BCUT2D eigenvalue weighted by Gasteiger charge is 2.25. The Labute approximate surface area is 227 Å². The summed E-state index contributed by atoms with van der Waals surface area (Å²) in [5, 5.41) is 7.53. The number of hydrogen-bond donors (Lipinski definition) is 2. The molecule has 7 nitrogen and oxygen atoms in total. The zero-order valence-corrected chi connectivity index (χ0v) is 22.6. The van der Waals surface area contributed by atoms with Crippen molar-refractivity contribution in [3.05, 3.63) is 92.4 Å². The third-order valence-electron chi connectivity index (χ3n) is 5.05. The summed E-state index contributed by atoms with van der Waals surface area (Å²) >= 11 is 15.5. The van der Waals surface area contributed by atoms with Gasteiger partial charge in [-0.25, -0.2) is 5.43 Å². The van der Waals surface area contributed by atoms with E-state index >= 15 is 0 Å². The number of nitrogens with zero attached hydrogens (tertiary/aromatic N) is 1. The Hall–Kier alpha value is -3.07. The van der Waals surface area contributed by atoms with Gasteiger partial charge in [0.05, 0.1) is 18.3 Å². The summed E-state index contributed by atoms with van der Waals surface area (Å²) in [4.78, 5) is 25.9. The standard InChI is InChI=1S/C26H24BrCl2N3O4/c1-16(36-24-11-9-20(28)14-21(24)29)25(33)31-22(12-17-6-4-3-5-7-17)26(34)32-30-15-18-13-19(27)8-10-23(18)35-2/h3-11,13-16,22H,12H2,1-2H3,(H,31,33)(H,32,34)/b30-15-/t16-,22+/m0/s1.